The molecule has 0 fully saturated rings. The zero-order valence-electron chi connectivity index (χ0n) is 13.4. The molecule has 0 spiro atoms. The number of hydrogen-bond acceptors (Lipinski definition) is 2. The number of nitrogens with two attached hydrogens (primary N) is 1. The fraction of sp³-hybridized carbons (Fsp3) is 0.100. The number of hydrogen-bond donors (Lipinski definition) is 2. The van der Waals surface area contributed by atoms with Gasteiger partial charge in [0.15, 0.2) is 0 Å². The van der Waals surface area contributed by atoms with Gasteiger partial charge in [-0.15, -0.1) is 0 Å². The van der Waals surface area contributed by atoms with Gasteiger partial charge in [-0.05, 0) is 28.5 Å². The van der Waals surface area contributed by atoms with E-state index in [-0.39, 0.29) is 12.0 Å². The summed E-state index contributed by atoms with van der Waals surface area (Å²) in [7, 11) is 0. The first-order valence-corrected chi connectivity index (χ1v) is 7.87. The van der Waals surface area contributed by atoms with E-state index in [2.05, 4.69) is 5.32 Å². The molecule has 1 atom stereocenters. The molecule has 0 aliphatic rings. The van der Waals surface area contributed by atoms with E-state index in [1.165, 1.54) is 18.2 Å². The lowest BCUT2D eigenvalue weighted by Gasteiger charge is -2.16. The molecule has 0 aromatic heterocycles. The topological polar surface area (TPSA) is 72.2 Å². The van der Waals surface area contributed by atoms with Crippen LogP contribution in [0.25, 0.3) is 10.8 Å². The number of primary amides is 1. The molecular formula is C20H17FN2O2. The predicted octanol–water partition coefficient (Wildman–Crippen LogP) is 2.81. The van der Waals surface area contributed by atoms with Crippen LogP contribution in [-0.4, -0.2) is 17.9 Å². The van der Waals surface area contributed by atoms with Crippen LogP contribution in [0.15, 0.2) is 66.7 Å². The monoisotopic (exact) mass is 336 g/mol. The van der Waals surface area contributed by atoms with Gasteiger partial charge in [0.05, 0.1) is 5.56 Å². The van der Waals surface area contributed by atoms with E-state index in [4.69, 9.17) is 5.73 Å². The fourth-order valence-corrected chi connectivity index (χ4v) is 2.71. The Balaban J connectivity index is 1.80. The summed E-state index contributed by atoms with van der Waals surface area (Å²) in [6.45, 7) is 0. The van der Waals surface area contributed by atoms with Crippen molar-refractivity contribution in [2.24, 2.45) is 5.73 Å². The van der Waals surface area contributed by atoms with Crippen molar-refractivity contribution in [1.29, 1.82) is 0 Å². The van der Waals surface area contributed by atoms with E-state index in [0.717, 1.165) is 16.3 Å². The second kappa shape index (κ2) is 7.13. The SMILES string of the molecule is NC(=O)[C@H](Cc1ccc2ccccc2c1)NC(=O)c1ccccc1F. The van der Waals surface area contributed by atoms with Crippen LogP contribution in [0.1, 0.15) is 15.9 Å². The number of carbonyl (C=O) groups excluding carboxylic acids is 2. The molecule has 0 radical (unpaired) electrons. The second-order valence-corrected chi connectivity index (χ2v) is 5.79. The standard InChI is InChI=1S/C20H17FN2O2/c21-17-8-4-3-7-16(17)20(25)23-18(19(22)24)12-13-9-10-14-5-1-2-6-15(14)11-13/h1-11,18H,12H2,(H2,22,24)(H,23,25)/t18-/m0/s1. The number of amides is 2. The van der Waals surface area contributed by atoms with E-state index in [1.54, 1.807) is 6.07 Å². The molecule has 4 nitrogen and oxygen atoms in total. The highest BCUT2D eigenvalue weighted by Gasteiger charge is 2.21. The molecule has 2 amide bonds. The number of halogens is 1. The third kappa shape index (κ3) is 3.83. The van der Waals surface area contributed by atoms with Crippen LogP contribution in [0.3, 0.4) is 0 Å². The lowest BCUT2D eigenvalue weighted by atomic mass is 10.0. The summed E-state index contributed by atoms with van der Waals surface area (Å²) in [5, 5.41) is 4.63. The zero-order valence-corrected chi connectivity index (χ0v) is 13.4. The molecule has 3 aromatic carbocycles. The van der Waals surface area contributed by atoms with Gasteiger partial charge >= 0.3 is 0 Å². The molecule has 5 heteroatoms. The minimum absolute atomic E-state index is 0.118. The van der Waals surface area contributed by atoms with Crippen molar-refractivity contribution in [3.05, 3.63) is 83.7 Å². The van der Waals surface area contributed by atoms with Gasteiger partial charge in [0.2, 0.25) is 5.91 Å². The Morgan fingerprint density at radius 3 is 2.36 bits per heavy atom. The fourth-order valence-electron chi connectivity index (χ4n) is 2.71. The number of rotatable bonds is 5. The highest BCUT2D eigenvalue weighted by atomic mass is 19.1. The molecule has 0 heterocycles. The Morgan fingerprint density at radius 1 is 0.960 bits per heavy atom. The van der Waals surface area contributed by atoms with Gasteiger partial charge in [-0.25, -0.2) is 4.39 Å². The average Bonchev–Trinajstić information content (AvgIpc) is 2.61. The summed E-state index contributed by atoms with van der Waals surface area (Å²) in [5.41, 5.74) is 6.15. The molecule has 0 saturated carbocycles. The van der Waals surface area contributed by atoms with Crippen molar-refractivity contribution in [3.63, 3.8) is 0 Å². The first-order chi connectivity index (χ1) is 12.0. The van der Waals surface area contributed by atoms with Crippen LogP contribution in [0.5, 0.6) is 0 Å². The van der Waals surface area contributed by atoms with Gasteiger partial charge in [0.25, 0.3) is 5.91 Å². The van der Waals surface area contributed by atoms with Crippen LogP contribution in [0.4, 0.5) is 4.39 Å². The lowest BCUT2D eigenvalue weighted by Crippen LogP contribution is -2.46. The molecule has 126 valence electrons. The van der Waals surface area contributed by atoms with Crippen LogP contribution in [0, 0.1) is 5.82 Å². The van der Waals surface area contributed by atoms with Crippen molar-refractivity contribution in [1.82, 2.24) is 5.32 Å². The van der Waals surface area contributed by atoms with Crippen molar-refractivity contribution >= 4 is 22.6 Å². The Labute approximate surface area is 144 Å². The first-order valence-electron chi connectivity index (χ1n) is 7.87. The number of fused-ring (bicyclic) bond motifs is 1. The van der Waals surface area contributed by atoms with Crippen molar-refractivity contribution in [2.45, 2.75) is 12.5 Å². The summed E-state index contributed by atoms with van der Waals surface area (Å²) < 4.78 is 13.7. The average molecular weight is 336 g/mol. The Hall–Kier alpha value is -3.21. The summed E-state index contributed by atoms with van der Waals surface area (Å²) >= 11 is 0. The molecule has 25 heavy (non-hydrogen) atoms. The van der Waals surface area contributed by atoms with Gasteiger partial charge < -0.3 is 11.1 Å². The van der Waals surface area contributed by atoms with E-state index in [9.17, 15) is 14.0 Å². The second-order valence-electron chi connectivity index (χ2n) is 5.79. The van der Waals surface area contributed by atoms with Gasteiger partial charge in [0.1, 0.15) is 11.9 Å². The maximum Gasteiger partial charge on any atom is 0.254 e. The zero-order chi connectivity index (χ0) is 17.8. The normalized spacial score (nSPS) is 11.9. The van der Waals surface area contributed by atoms with Gasteiger partial charge in [-0.2, -0.15) is 0 Å². The van der Waals surface area contributed by atoms with E-state index < -0.39 is 23.7 Å². The maximum atomic E-state index is 13.7. The molecule has 3 N–H and O–H groups in total. The number of benzene rings is 3. The van der Waals surface area contributed by atoms with Crippen LogP contribution >= 0.6 is 0 Å². The van der Waals surface area contributed by atoms with Crippen LogP contribution in [-0.2, 0) is 11.2 Å². The molecule has 0 bridgehead atoms. The van der Waals surface area contributed by atoms with E-state index >= 15 is 0 Å². The molecule has 0 unspecified atom stereocenters. The minimum atomic E-state index is -0.923. The van der Waals surface area contributed by atoms with Crippen LogP contribution in [0.2, 0.25) is 0 Å². The Morgan fingerprint density at radius 2 is 1.64 bits per heavy atom. The highest BCUT2D eigenvalue weighted by Crippen LogP contribution is 2.17. The van der Waals surface area contributed by atoms with Gasteiger partial charge in [0, 0.05) is 6.42 Å². The summed E-state index contributed by atoms with van der Waals surface area (Å²) in [5.74, 6) is -1.98. The summed E-state index contributed by atoms with van der Waals surface area (Å²) in [6, 6.07) is 18.3. The summed E-state index contributed by atoms with van der Waals surface area (Å²) in [4.78, 5) is 24.0. The highest BCUT2D eigenvalue weighted by molar-refractivity contribution is 5.97. The minimum Gasteiger partial charge on any atom is -0.368 e. The smallest absolute Gasteiger partial charge is 0.254 e. The third-order valence-electron chi connectivity index (χ3n) is 4.02. The number of nitrogens with one attached hydrogen (secondary N) is 1. The first kappa shape index (κ1) is 16.6. The Kier molecular flexibility index (Phi) is 4.75. The number of carbonyl (C=O) groups is 2. The Bertz CT molecular complexity index is 940. The predicted molar refractivity (Wildman–Crippen MR) is 94.5 cm³/mol. The van der Waals surface area contributed by atoms with Gasteiger partial charge in [-0.1, -0.05) is 54.6 Å². The van der Waals surface area contributed by atoms with E-state index in [1.807, 2.05) is 42.5 Å². The molecular weight excluding hydrogens is 319 g/mol. The van der Waals surface area contributed by atoms with E-state index in [0.29, 0.717) is 0 Å². The quantitative estimate of drug-likeness (QED) is 0.752. The molecule has 3 aromatic rings. The lowest BCUT2D eigenvalue weighted by molar-refractivity contribution is -0.119. The van der Waals surface area contributed by atoms with Gasteiger partial charge in [-0.3, -0.25) is 9.59 Å². The van der Waals surface area contributed by atoms with Crippen molar-refractivity contribution in [2.75, 3.05) is 0 Å². The molecule has 3 rings (SSSR count). The van der Waals surface area contributed by atoms with Crippen LogP contribution < -0.4 is 11.1 Å². The molecule has 0 saturated heterocycles. The third-order valence-corrected chi connectivity index (χ3v) is 4.02. The van der Waals surface area contributed by atoms with Crippen molar-refractivity contribution < 1.29 is 14.0 Å². The summed E-state index contributed by atoms with van der Waals surface area (Å²) in [6.07, 6.45) is 0.236. The maximum absolute atomic E-state index is 13.7. The molecule has 0 aliphatic carbocycles. The van der Waals surface area contributed by atoms with Crippen molar-refractivity contribution in [3.8, 4) is 0 Å². The largest absolute Gasteiger partial charge is 0.368 e. The molecule has 0 aliphatic heterocycles.